The summed E-state index contributed by atoms with van der Waals surface area (Å²) in [6.07, 6.45) is 5.66. The molecule has 37 heavy (non-hydrogen) atoms. The van der Waals surface area contributed by atoms with Crippen LogP contribution in [0.5, 0.6) is 0 Å². The van der Waals surface area contributed by atoms with Crippen LogP contribution in [0, 0.1) is 20.8 Å². The van der Waals surface area contributed by atoms with Crippen molar-refractivity contribution in [2.75, 3.05) is 33.4 Å². The van der Waals surface area contributed by atoms with E-state index in [4.69, 9.17) is 4.74 Å². The number of fused-ring (bicyclic) bond motifs is 1. The minimum absolute atomic E-state index is 0.0587. The zero-order valence-corrected chi connectivity index (χ0v) is 22.8. The first-order valence-corrected chi connectivity index (χ1v) is 14.2. The second-order valence-electron chi connectivity index (χ2n) is 10.1. The summed E-state index contributed by atoms with van der Waals surface area (Å²) in [4.78, 5) is 6.87. The third kappa shape index (κ3) is 4.77. The van der Waals surface area contributed by atoms with Crippen molar-refractivity contribution in [3.8, 4) is 11.1 Å². The maximum Gasteiger partial charge on any atom is 0.245 e. The molecule has 0 aliphatic carbocycles. The molecule has 1 saturated heterocycles. The smallest absolute Gasteiger partial charge is 0.245 e. The number of aryl methyl sites for hydroxylation is 2. The molecule has 5 rings (SSSR count). The molecule has 3 aromatic rings. The van der Waals surface area contributed by atoms with Crippen LogP contribution in [0.1, 0.15) is 28.3 Å². The van der Waals surface area contributed by atoms with Crippen LogP contribution in [0.2, 0.25) is 0 Å². The molecule has 1 aromatic heterocycles. The SMILES string of the molecule is COC[C@@H]1C(c2ccc(-c3cccc(C)c3C)cc2)[C@@H]2CN(S(=O)(=O)c3cccnc3C)C/C=C\CN12. The second kappa shape index (κ2) is 10.5. The van der Waals surface area contributed by atoms with Gasteiger partial charge in [-0.1, -0.05) is 54.6 Å². The van der Waals surface area contributed by atoms with E-state index in [0.717, 1.165) is 6.54 Å². The minimum atomic E-state index is -3.68. The largest absolute Gasteiger partial charge is 0.383 e. The van der Waals surface area contributed by atoms with Gasteiger partial charge in [0.15, 0.2) is 0 Å². The van der Waals surface area contributed by atoms with Crippen LogP contribution >= 0.6 is 0 Å². The van der Waals surface area contributed by atoms with Crippen molar-refractivity contribution in [1.29, 1.82) is 0 Å². The Kier molecular flexibility index (Phi) is 7.32. The topological polar surface area (TPSA) is 62.7 Å². The summed E-state index contributed by atoms with van der Waals surface area (Å²) in [5, 5.41) is 0. The van der Waals surface area contributed by atoms with Gasteiger partial charge in [0.2, 0.25) is 10.0 Å². The maximum atomic E-state index is 13.7. The quantitative estimate of drug-likeness (QED) is 0.443. The number of rotatable bonds is 6. The van der Waals surface area contributed by atoms with Gasteiger partial charge in [-0.05, 0) is 60.7 Å². The first-order valence-electron chi connectivity index (χ1n) is 12.8. The summed E-state index contributed by atoms with van der Waals surface area (Å²) in [5.74, 6) is 0.173. The Bertz CT molecular complexity index is 1400. The molecule has 0 N–H and O–H groups in total. The molecule has 194 valence electrons. The van der Waals surface area contributed by atoms with Crippen molar-refractivity contribution >= 4 is 10.0 Å². The lowest BCUT2D eigenvalue weighted by Gasteiger charge is -2.56. The van der Waals surface area contributed by atoms with Crippen LogP contribution in [-0.2, 0) is 14.8 Å². The van der Waals surface area contributed by atoms with Crippen molar-refractivity contribution in [3.05, 3.63) is 95.3 Å². The molecule has 6 nitrogen and oxygen atoms in total. The third-order valence-corrected chi connectivity index (χ3v) is 9.95. The standard InChI is InChI=1S/C30H35N3O3S/c1-21-9-7-10-26(22(21)2)24-12-14-25(15-13-24)30-27-19-32(17-5-6-18-33(27)28(30)20-36-4)37(34,35)29-11-8-16-31-23(29)3/h5-16,27-28,30H,17-20H2,1-4H3/b6-5-/t27-,28+,30?/m0/s1. The highest BCUT2D eigenvalue weighted by molar-refractivity contribution is 7.89. The molecule has 0 bridgehead atoms. The van der Waals surface area contributed by atoms with Crippen LogP contribution in [0.4, 0.5) is 0 Å². The minimum Gasteiger partial charge on any atom is -0.383 e. The Morgan fingerprint density at radius 2 is 1.73 bits per heavy atom. The van der Waals surface area contributed by atoms with Gasteiger partial charge >= 0.3 is 0 Å². The summed E-state index contributed by atoms with van der Waals surface area (Å²) < 4.78 is 34.6. The van der Waals surface area contributed by atoms with Crippen LogP contribution in [0.3, 0.4) is 0 Å². The first kappa shape index (κ1) is 25.8. The van der Waals surface area contributed by atoms with Crippen LogP contribution in [0.15, 0.2) is 77.8 Å². The lowest BCUT2D eigenvalue weighted by atomic mass is 9.74. The molecule has 3 heterocycles. The summed E-state index contributed by atoms with van der Waals surface area (Å²) >= 11 is 0. The summed E-state index contributed by atoms with van der Waals surface area (Å²) in [6, 6.07) is 18.8. The van der Waals surface area contributed by atoms with E-state index in [-0.39, 0.29) is 22.9 Å². The number of pyridine rings is 1. The highest BCUT2D eigenvalue weighted by atomic mass is 32.2. The van der Waals surface area contributed by atoms with Crippen LogP contribution < -0.4 is 0 Å². The Balaban J connectivity index is 1.47. The van der Waals surface area contributed by atoms with Gasteiger partial charge in [0.25, 0.3) is 0 Å². The summed E-state index contributed by atoms with van der Waals surface area (Å²) in [6.45, 7) is 8.22. The van der Waals surface area contributed by atoms with E-state index in [1.807, 2.05) is 6.08 Å². The van der Waals surface area contributed by atoms with E-state index in [0.29, 0.717) is 25.4 Å². The van der Waals surface area contributed by atoms with E-state index >= 15 is 0 Å². The van der Waals surface area contributed by atoms with E-state index in [1.54, 1.807) is 36.7 Å². The molecule has 0 amide bonds. The first-order chi connectivity index (χ1) is 17.8. The molecule has 7 heteroatoms. The van der Waals surface area contributed by atoms with Gasteiger partial charge in [-0.2, -0.15) is 4.31 Å². The molecule has 3 atom stereocenters. The van der Waals surface area contributed by atoms with Gasteiger partial charge in [0, 0.05) is 50.9 Å². The van der Waals surface area contributed by atoms with E-state index in [2.05, 4.69) is 72.3 Å². The summed E-state index contributed by atoms with van der Waals surface area (Å²) in [7, 11) is -1.95. The van der Waals surface area contributed by atoms with Crippen molar-refractivity contribution in [2.24, 2.45) is 0 Å². The highest BCUT2D eigenvalue weighted by Gasteiger charge is 2.50. The number of hydrogen-bond acceptors (Lipinski definition) is 5. The molecule has 0 radical (unpaired) electrons. The van der Waals surface area contributed by atoms with E-state index in [1.165, 1.54) is 27.8 Å². The fourth-order valence-corrected chi connectivity index (χ4v) is 7.40. The Morgan fingerprint density at radius 1 is 0.973 bits per heavy atom. The predicted octanol–water partition coefficient (Wildman–Crippen LogP) is 4.72. The lowest BCUT2D eigenvalue weighted by molar-refractivity contribution is -0.0508. The third-order valence-electron chi connectivity index (χ3n) is 7.99. The van der Waals surface area contributed by atoms with Gasteiger partial charge in [0.1, 0.15) is 4.90 Å². The normalized spacial score (nSPS) is 23.5. The molecular formula is C30H35N3O3S. The molecule has 2 aliphatic heterocycles. The number of aromatic nitrogens is 1. The summed E-state index contributed by atoms with van der Waals surface area (Å²) in [5.41, 5.74) is 6.76. The molecule has 2 aliphatic rings. The maximum absolute atomic E-state index is 13.7. The average Bonchev–Trinajstić information content (AvgIpc) is 2.87. The number of methoxy groups -OCH3 is 1. The van der Waals surface area contributed by atoms with Crippen molar-refractivity contribution in [1.82, 2.24) is 14.2 Å². The number of hydrogen-bond donors (Lipinski definition) is 0. The lowest BCUT2D eigenvalue weighted by Crippen LogP contribution is -2.67. The molecule has 0 saturated carbocycles. The zero-order valence-electron chi connectivity index (χ0n) is 22.0. The van der Waals surface area contributed by atoms with Gasteiger partial charge in [0.05, 0.1) is 12.3 Å². The fourth-order valence-electron chi connectivity index (χ4n) is 5.81. The van der Waals surface area contributed by atoms with Crippen molar-refractivity contribution in [3.63, 3.8) is 0 Å². The molecule has 0 spiro atoms. The fraction of sp³-hybridized carbons (Fsp3) is 0.367. The Morgan fingerprint density at radius 3 is 2.46 bits per heavy atom. The van der Waals surface area contributed by atoms with Gasteiger partial charge in [-0.25, -0.2) is 8.42 Å². The van der Waals surface area contributed by atoms with Crippen molar-refractivity contribution < 1.29 is 13.2 Å². The molecular weight excluding hydrogens is 482 g/mol. The van der Waals surface area contributed by atoms with Crippen molar-refractivity contribution in [2.45, 2.75) is 43.7 Å². The highest BCUT2D eigenvalue weighted by Crippen LogP contribution is 2.43. The average molecular weight is 518 g/mol. The monoisotopic (exact) mass is 517 g/mol. The Hall–Kier alpha value is -2.84. The van der Waals surface area contributed by atoms with E-state index in [9.17, 15) is 8.42 Å². The number of nitrogens with zero attached hydrogens (tertiary/aromatic N) is 3. The second-order valence-corrected chi connectivity index (χ2v) is 12.0. The van der Waals surface area contributed by atoms with Gasteiger partial charge in [-0.15, -0.1) is 0 Å². The molecule has 2 aromatic carbocycles. The number of ether oxygens (including phenoxy) is 1. The number of sulfonamides is 1. The molecule has 1 unspecified atom stereocenters. The van der Waals surface area contributed by atoms with Gasteiger partial charge in [-0.3, -0.25) is 9.88 Å². The Labute approximate surface area is 220 Å². The van der Waals surface area contributed by atoms with Crippen LogP contribution in [-0.4, -0.2) is 68.0 Å². The van der Waals surface area contributed by atoms with Gasteiger partial charge < -0.3 is 4.74 Å². The predicted molar refractivity (Wildman–Crippen MR) is 147 cm³/mol. The van der Waals surface area contributed by atoms with E-state index < -0.39 is 10.0 Å². The van der Waals surface area contributed by atoms with Crippen LogP contribution in [0.25, 0.3) is 11.1 Å². The zero-order chi connectivity index (χ0) is 26.2. The molecule has 1 fully saturated rings. The number of benzene rings is 2.